The smallest absolute Gasteiger partial charge is 0.748 e. The number of carboxylic acid groups (broad SMARTS) is 1. The van der Waals surface area contributed by atoms with Gasteiger partial charge < -0.3 is 15.0 Å². The van der Waals surface area contributed by atoms with Crippen LogP contribution in [-0.4, -0.2) is 41.2 Å². The molecule has 0 aliphatic heterocycles. The van der Waals surface area contributed by atoms with Gasteiger partial charge in [-0.3, -0.25) is 4.79 Å². The van der Waals surface area contributed by atoms with E-state index in [9.17, 15) is 27.7 Å². The Hall–Kier alpha value is -0.150. The van der Waals surface area contributed by atoms with Crippen molar-refractivity contribution in [3.63, 3.8) is 0 Å². The molecule has 0 aromatic heterocycles. The Kier molecular flexibility index (Phi) is 7.36. The van der Waals surface area contributed by atoms with Gasteiger partial charge in [-0.1, -0.05) is 19.3 Å². The van der Waals surface area contributed by atoms with Crippen molar-refractivity contribution in [2.75, 3.05) is 5.75 Å². The minimum absolute atomic E-state index is 0. The van der Waals surface area contributed by atoms with Crippen LogP contribution < -0.4 is 34.9 Å². The quantitative estimate of drug-likeness (QED) is 0.423. The summed E-state index contributed by atoms with van der Waals surface area (Å²) < 4.78 is 33.6. The van der Waals surface area contributed by atoms with Crippen molar-refractivity contribution < 1.29 is 57.2 Å². The third-order valence-corrected chi connectivity index (χ3v) is 5.08. The SMILES string of the molecule is CC(=O)NC(C)(C(=O)O)C1(CS(=O)(=O)[O-])CCCCC1.[Na+]. The van der Waals surface area contributed by atoms with Gasteiger partial charge in [0.1, 0.15) is 5.54 Å². The molecular weight excluding hydrogens is 309 g/mol. The van der Waals surface area contributed by atoms with E-state index in [0.717, 1.165) is 6.42 Å². The van der Waals surface area contributed by atoms with Crippen molar-refractivity contribution >= 4 is 22.0 Å². The number of carbonyl (C=O) groups excluding carboxylic acids is 1. The summed E-state index contributed by atoms with van der Waals surface area (Å²) in [5, 5.41) is 11.8. The zero-order valence-corrected chi connectivity index (χ0v) is 15.5. The number of hydrogen-bond donors (Lipinski definition) is 2. The molecule has 0 aromatic rings. The summed E-state index contributed by atoms with van der Waals surface area (Å²) in [7, 11) is -4.60. The van der Waals surface area contributed by atoms with Crippen LogP contribution in [0.4, 0.5) is 0 Å². The summed E-state index contributed by atoms with van der Waals surface area (Å²) in [6, 6.07) is 0. The molecule has 1 unspecified atom stereocenters. The largest absolute Gasteiger partial charge is 1.00 e. The van der Waals surface area contributed by atoms with Gasteiger partial charge in [-0.05, 0) is 19.8 Å². The standard InChI is InChI=1S/C12H21NO6S.Na/c1-9(14)13-11(2,10(15)16)12(8-20(17,18)19)6-4-3-5-7-12;/h3-8H2,1-2H3,(H,13,14)(H,15,16)(H,17,18,19);/q;+1/p-1. The first-order valence-corrected chi connectivity index (χ1v) is 8.06. The van der Waals surface area contributed by atoms with Crippen LogP contribution in [-0.2, 0) is 19.7 Å². The molecule has 21 heavy (non-hydrogen) atoms. The average Bonchev–Trinajstić information content (AvgIpc) is 2.26. The van der Waals surface area contributed by atoms with Gasteiger partial charge in [-0.15, -0.1) is 0 Å². The van der Waals surface area contributed by atoms with Crippen LogP contribution in [0, 0.1) is 5.41 Å². The molecule has 1 rings (SSSR count). The number of carboxylic acids is 1. The van der Waals surface area contributed by atoms with E-state index in [4.69, 9.17) is 0 Å². The molecule has 1 atom stereocenters. The van der Waals surface area contributed by atoms with E-state index >= 15 is 0 Å². The van der Waals surface area contributed by atoms with E-state index in [0.29, 0.717) is 12.8 Å². The third kappa shape index (κ3) is 4.92. The maximum atomic E-state index is 11.6. The van der Waals surface area contributed by atoms with Gasteiger partial charge in [0.15, 0.2) is 0 Å². The minimum atomic E-state index is -4.60. The molecule has 9 heteroatoms. The van der Waals surface area contributed by atoms with Gasteiger partial charge in [0.05, 0.1) is 10.1 Å². The van der Waals surface area contributed by atoms with Crippen molar-refractivity contribution in [1.29, 1.82) is 0 Å². The first-order valence-electron chi connectivity index (χ1n) is 6.48. The number of amides is 1. The second kappa shape index (κ2) is 7.41. The van der Waals surface area contributed by atoms with E-state index in [2.05, 4.69) is 5.32 Å². The summed E-state index contributed by atoms with van der Waals surface area (Å²) in [5.74, 6) is -2.66. The monoisotopic (exact) mass is 329 g/mol. The van der Waals surface area contributed by atoms with Gasteiger partial charge in [-0.2, -0.15) is 0 Å². The maximum absolute atomic E-state index is 11.6. The van der Waals surface area contributed by atoms with E-state index in [-0.39, 0.29) is 42.4 Å². The fourth-order valence-corrected chi connectivity index (χ4v) is 4.37. The predicted molar refractivity (Wildman–Crippen MR) is 69.9 cm³/mol. The van der Waals surface area contributed by atoms with Gasteiger partial charge in [0, 0.05) is 18.1 Å². The molecule has 1 fully saturated rings. The topological polar surface area (TPSA) is 124 Å². The second-order valence-corrected chi connectivity index (χ2v) is 7.06. The first kappa shape index (κ1) is 20.9. The van der Waals surface area contributed by atoms with Crippen LogP contribution in [0.15, 0.2) is 0 Å². The molecule has 0 bridgehead atoms. The summed E-state index contributed by atoms with van der Waals surface area (Å²) in [6.07, 6.45) is 2.71. The van der Waals surface area contributed by atoms with Crippen LogP contribution in [0.3, 0.4) is 0 Å². The molecule has 116 valence electrons. The molecule has 0 heterocycles. The zero-order chi connectivity index (χ0) is 15.6. The van der Waals surface area contributed by atoms with Crippen LogP contribution >= 0.6 is 0 Å². The van der Waals surface area contributed by atoms with Gasteiger partial charge >= 0.3 is 35.5 Å². The summed E-state index contributed by atoms with van der Waals surface area (Å²) >= 11 is 0. The Morgan fingerprint density at radius 2 is 1.76 bits per heavy atom. The Labute approximate surface area is 146 Å². The van der Waals surface area contributed by atoms with Crippen molar-refractivity contribution in [1.82, 2.24) is 5.32 Å². The second-order valence-electron chi connectivity index (χ2n) is 5.65. The van der Waals surface area contributed by atoms with Crippen molar-refractivity contribution in [2.24, 2.45) is 5.41 Å². The molecule has 1 amide bonds. The molecule has 7 nitrogen and oxygen atoms in total. The molecule has 0 saturated heterocycles. The van der Waals surface area contributed by atoms with Crippen LogP contribution in [0.5, 0.6) is 0 Å². The first-order chi connectivity index (χ1) is 9.02. The molecule has 2 N–H and O–H groups in total. The van der Waals surface area contributed by atoms with Gasteiger partial charge in [-0.25, -0.2) is 13.2 Å². The van der Waals surface area contributed by atoms with Gasteiger partial charge in [0.25, 0.3) is 0 Å². The van der Waals surface area contributed by atoms with Crippen LogP contribution in [0.1, 0.15) is 46.0 Å². The molecule has 1 saturated carbocycles. The Morgan fingerprint density at radius 3 is 2.10 bits per heavy atom. The van der Waals surface area contributed by atoms with Gasteiger partial charge in [0.2, 0.25) is 5.91 Å². The Morgan fingerprint density at radius 1 is 1.29 bits per heavy atom. The molecular formula is C12H20NNaO6S. The van der Waals surface area contributed by atoms with E-state index in [1.54, 1.807) is 0 Å². The molecule has 1 aliphatic carbocycles. The van der Waals surface area contributed by atoms with Crippen LogP contribution in [0.2, 0.25) is 0 Å². The number of aliphatic carboxylic acids is 1. The Balaban J connectivity index is 0.00000400. The zero-order valence-electron chi connectivity index (χ0n) is 12.6. The molecule has 0 spiro atoms. The van der Waals surface area contributed by atoms with E-state index in [1.165, 1.54) is 13.8 Å². The predicted octanol–water partition coefficient (Wildman–Crippen LogP) is -2.53. The maximum Gasteiger partial charge on any atom is 1.00 e. The number of rotatable bonds is 5. The molecule has 0 aromatic carbocycles. The minimum Gasteiger partial charge on any atom is -0.748 e. The summed E-state index contributed by atoms with van der Waals surface area (Å²) in [6.45, 7) is 2.46. The Bertz CT molecular complexity index is 500. The van der Waals surface area contributed by atoms with Crippen LogP contribution in [0.25, 0.3) is 0 Å². The molecule has 0 radical (unpaired) electrons. The van der Waals surface area contributed by atoms with Crippen molar-refractivity contribution in [3.05, 3.63) is 0 Å². The fourth-order valence-electron chi connectivity index (χ4n) is 3.12. The normalized spacial score (nSPS) is 20.7. The van der Waals surface area contributed by atoms with E-state index < -0.39 is 38.7 Å². The average molecular weight is 329 g/mol. The number of nitrogens with one attached hydrogen (secondary N) is 1. The van der Waals surface area contributed by atoms with Crippen molar-refractivity contribution in [3.8, 4) is 0 Å². The number of hydrogen-bond acceptors (Lipinski definition) is 5. The third-order valence-electron chi connectivity index (χ3n) is 4.18. The van der Waals surface area contributed by atoms with Crippen molar-refractivity contribution in [2.45, 2.75) is 51.5 Å². The fraction of sp³-hybridized carbons (Fsp3) is 0.833. The summed E-state index contributed by atoms with van der Waals surface area (Å²) in [4.78, 5) is 22.9. The molecule has 1 aliphatic rings. The van der Waals surface area contributed by atoms with E-state index in [1.807, 2.05) is 0 Å². The number of carbonyl (C=O) groups is 2. The summed E-state index contributed by atoms with van der Waals surface area (Å²) in [5.41, 5.74) is -3.03.